The van der Waals surface area contributed by atoms with Crippen molar-refractivity contribution in [3.8, 4) is 0 Å². The van der Waals surface area contributed by atoms with E-state index in [1.54, 1.807) is 0 Å². The van der Waals surface area contributed by atoms with Gasteiger partial charge in [0.15, 0.2) is 0 Å². The average Bonchev–Trinajstić information content (AvgIpc) is 2.34. The second kappa shape index (κ2) is 9.45. The van der Waals surface area contributed by atoms with E-state index in [2.05, 4.69) is 43.7 Å². The lowest BCUT2D eigenvalue weighted by molar-refractivity contribution is 0.644. The fourth-order valence-corrected chi connectivity index (χ4v) is 1.95. The Kier molecular flexibility index (Phi) is 7.84. The number of rotatable bonds is 9. The molecule has 0 saturated heterocycles. The Morgan fingerprint density at radius 2 is 1.62 bits per heavy atom. The Labute approximate surface area is 101 Å². The first-order chi connectivity index (χ1) is 7.93. The minimum absolute atomic E-state index is 1.23. The molecule has 1 radical (unpaired) electrons. The molecule has 0 N–H and O–H groups in total. The molecule has 0 fully saturated rings. The van der Waals surface area contributed by atoms with Gasteiger partial charge in [0.2, 0.25) is 0 Å². The van der Waals surface area contributed by atoms with Crippen LogP contribution in [0.25, 0.3) is 0 Å². The molecule has 0 saturated carbocycles. The summed E-state index contributed by atoms with van der Waals surface area (Å²) in [5.41, 5.74) is 1.47. The molecule has 1 aromatic carbocycles. The van der Waals surface area contributed by atoms with Crippen LogP contribution < -0.4 is 0 Å². The number of aryl methyl sites for hydroxylation is 1. The lowest BCUT2D eigenvalue weighted by Crippen LogP contribution is -1.86. The SMILES string of the molecule is CCCCCC[CH]CCCc1ccccc1. The van der Waals surface area contributed by atoms with E-state index in [0.29, 0.717) is 0 Å². The summed E-state index contributed by atoms with van der Waals surface area (Å²) in [5, 5.41) is 0. The van der Waals surface area contributed by atoms with E-state index in [0.717, 1.165) is 0 Å². The highest BCUT2D eigenvalue weighted by molar-refractivity contribution is 5.14. The fraction of sp³-hybridized carbons (Fsp3) is 0.562. The number of unbranched alkanes of at least 4 members (excludes halogenated alkanes) is 7. The maximum absolute atomic E-state index is 2.47. The van der Waals surface area contributed by atoms with Crippen LogP contribution in [0, 0.1) is 6.42 Å². The molecule has 0 spiro atoms. The molecule has 16 heavy (non-hydrogen) atoms. The summed E-state index contributed by atoms with van der Waals surface area (Å²) in [5.74, 6) is 0. The van der Waals surface area contributed by atoms with Gasteiger partial charge in [-0.05, 0) is 31.2 Å². The van der Waals surface area contributed by atoms with Crippen molar-refractivity contribution in [2.24, 2.45) is 0 Å². The van der Waals surface area contributed by atoms with Gasteiger partial charge in [-0.1, -0.05) is 69.4 Å². The predicted molar refractivity (Wildman–Crippen MR) is 72.4 cm³/mol. The first-order valence-corrected chi connectivity index (χ1v) is 6.79. The van der Waals surface area contributed by atoms with Crippen molar-refractivity contribution in [3.05, 3.63) is 42.3 Å². The second-order valence-electron chi connectivity index (χ2n) is 4.52. The van der Waals surface area contributed by atoms with Crippen LogP contribution in [-0.4, -0.2) is 0 Å². The monoisotopic (exact) mass is 217 g/mol. The summed E-state index contributed by atoms with van der Waals surface area (Å²) in [6.45, 7) is 2.27. The number of hydrogen-bond acceptors (Lipinski definition) is 0. The van der Waals surface area contributed by atoms with E-state index >= 15 is 0 Å². The fourth-order valence-electron chi connectivity index (χ4n) is 1.95. The molecule has 89 valence electrons. The van der Waals surface area contributed by atoms with Crippen molar-refractivity contribution in [3.63, 3.8) is 0 Å². The van der Waals surface area contributed by atoms with Gasteiger partial charge in [-0.2, -0.15) is 0 Å². The first kappa shape index (κ1) is 13.3. The molecule has 0 amide bonds. The predicted octanol–water partition coefficient (Wildman–Crippen LogP) is 5.18. The third-order valence-electron chi connectivity index (χ3n) is 2.98. The molecule has 0 aliphatic carbocycles. The third-order valence-corrected chi connectivity index (χ3v) is 2.98. The molecule has 0 aliphatic rings. The molecule has 0 aromatic heterocycles. The Balaban J connectivity index is 1.89. The Morgan fingerprint density at radius 3 is 2.38 bits per heavy atom. The molecule has 0 bridgehead atoms. The van der Waals surface area contributed by atoms with E-state index in [4.69, 9.17) is 0 Å². The van der Waals surface area contributed by atoms with Gasteiger partial charge in [0.05, 0.1) is 0 Å². The first-order valence-electron chi connectivity index (χ1n) is 6.79. The van der Waals surface area contributed by atoms with Crippen LogP contribution in [0.2, 0.25) is 0 Å². The normalized spacial score (nSPS) is 10.6. The summed E-state index contributed by atoms with van der Waals surface area (Å²) in [6, 6.07) is 10.8. The van der Waals surface area contributed by atoms with Crippen molar-refractivity contribution < 1.29 is 0 Å². The highest BCUT2D eigenvalue weighted by atomic mass is 14.0. The molecule has 0 nitrogen and oxygen atoms in total. The van der Waals surface area contributed by atoms with E-state index in [1.807, 2.05) is 0 Å². The number of hydrogen-bond donors (Lipinski definition) is 0. The van der Waals surface area contributed by atoms with Gasteiger partial charge in [0, 0.05) is 0 Å². The second-order valence-corrected chi connectivity index (χ2v) is 4.52. The van der Waals surface area contributed by atoms with Crippen molar-refractivity contribution in [2.45, 2.75) is 58.3 Å². The summed E-state index contributed by atoms with van der Waals surface area (Å²) in [7, 11) is 0. The van der Waals surface area contributed by atoms with Crippen LogP contribution in [0.4, 0.5) is 0 Å². The summed E-state index contributed by atoms with van der Waals surface area (Å²) in [4.78, 5) is 0. The molecule has 0 unspecified atom stereocenters. The van der Waals surface area contributed by atoms with Gasteiger partial charge in [-0.3, -0.25) is 0 Å². The molecule has 0 heterocycles. The average molecular weight is 217 g/mol. The number of benzene rings is 1. The van der Waals surface area contributed by atoms with Crippen LogP contribution in [-0.2, 0) is 6.42 Å². The molecule has 0 aliphatic heterocycles. The van der Waals surface area contributed by atoms with E-state index < -0.39 is 0 Å². The zero-order valence-electron chi connectivity index (χ0n) is 10.6. The van der Waals surface area contributed by atoms with Crippen LogP contribution in [0.3, 0.4) is 0 Å². The molecular formula is C16H25. The Bertz CT molecular complexity index is 237. The summed E-state index contributed by atoms with van der Waals surface area (Å²) < 4.78 is 0. The zero-order chi connectivity index (χ0) is 11.5. The smallest absolute Gasteiger partial charge is 0.0279 e. The Hall–Kier alpha value is -0.780. The van der Waals surface area contributed by atoms with Gasteiger partial charge in [-0.15, -0.1) is 0 Å². The van der Waals surface area contributed by atoms with Gasteiger partial charge in [0.1, 0.15) is 0 Å². The van der Waals surface area contributed by atoms with Crippen LogP contribution in [0.1, 0.15) is 57.4 Å². The molecule has 1 rings (SSSR count). The molecular weight excluding hydrogens is 192 g/mol. The Morgan fingerprint density at radius 1 is 0.875 bits per heavy atom. The molecule has 1 aromatic rings. The van der Waals surface area contributed by atoms with E-state index in [-0.39, 0.29) is 0 Å². The standard InChI is InChI=1S/C16H25/c1-2-3-4-5-6-7-8-10-13-16-14-11-9-12-15-16/h7,9,11-12,14-15H,2-6,8,10,13H2,1H3. The van der Waals surface area contributed by atoms with E-state index in [1.165, 1.54) is 56.9 Å². The van der Waals surface area contributed by atoms with Gasteiger partial charge < -0.3 is 0 Å². The minimum Gasteiger partial charge on any atom is -0.0654 e. The molecule has 0 atom stereocenters. The maximum atomic E-state index is 2.47. The van der Waals surface area contributed by atoms with Gasteiger partial charge in [-0.25, -0.2) is 0 Å². The van der Waals surface area contributed by atoms with Crippen molar-refractivity contribution >= 4 is 0 Å². The lowest BCUT2D eigenvalue weighted by atomic mass is 10.0. The largest absolute Gasteiger partial charge is 0.0654 e. The quantitative estimate of drug-likeness (QED) is 0.500. The zero-order valence-corrected chi connectivity index (χ0v) is 10.6. The minimum atomic E-state index is 1.23. The molecule has 0 heteroatoms. The van der Waals surface area contributed by atoms with Crippen molar-refractivity contribution in [2.75, 3.05) is 0 Å². The van der Waals surface area contributed by atoms with Crippen LogP contribution >= 0.6 is 0 Å². The maximum Gasteiger partial charge on any atom is -0.0279 e. The van der Waals surface area contributed by atoms with Crippen molar-refractivity contribution in [1.82, 2.24) is 0 Å². The third kappa shape index (κ3) is 6.66. The van der Waals surface area contributed by atoms with Gasteiger partial charge >= 0.3 is 0 Å². The highest BCUT2D eigenvalue weighted by Gasteiger charge is 1.93. The van der Waals surface area contributed by atoms with E-state index in [9.17, 15) is 0 Å². The van der Waals surface area contributed by atoms with Gasteiger partial charge in [0.25, 0.3) is 0 Å². The van der Waals surface area contributed by atoms with Crippen LogP contribution in [0.5, 0.6) is 0 Å². The highest BCUT2D eigenvalue weighted by Crippen LogP contribution is 2.10. The lowest BCUT2D eigenvalue weighted by Gasteiger charge is -2.02. The summed E-state index contributed by atoms with van der Waals surface area (Å²) >= 11 is 0. The van der Waals surface area contributed by atoms with Crippen molar-refractivity contribution in [1.29, 1.82) is 0 Å². The summed E-state index contributed by atoms with van der Waals surface area (Å²) in [6.07, 6.45) is 13.1. The van der Waals surface area contributed by atoms with Crippen LogP contribution in [0.15, 0.2) is 30.3 Å². The topological polar surface area (TPSA) is 0 Å².